The Kier molecular flexibility index (Phi) is 171. The van der Waals surface area contributed by atoms with E-state index in [1.165, 1.54) is 5.57 Å². The van der Waals surface area contributed by atoms with E-state index in [1.807, 2.05) is 81.4 Å². The van der Waals surface area contributed by atoms with Crippen LogP contribution in [0.25, 0.3) is 0 Å². The largest absolute Gasteiger partial charge is 0.100 e. The van der Waals surface area contributed by atoms with E-state index in [2.05, 4.69) is 6.58 Å². The molecule has 0 fully saturated rings. The molecule has 0 bridgehead atoms. The summed E-state index contributed by atoms with van der Waals surface area (Å²) in [4.78, 5) is 0. The first-order valence-electron chi connectivity index (χ1n) is 5.84. The molecule has 0 aromatic carbocycles. The summed E-state index contributed by atoms with van der Waals surface area (Å²) < 4.78 is 0. The van der Waals surface area contributed by atoms with Crippen molar-refractivity contribution in [3.8, 4) is 0 Å². The second-order valence-corrected chi connectivity index (χ2v) is 1.87. The van der Waals surface area contributed by atoms with Crippen LogP contribution in [0.15, 0.2) is 24.3 Å². The summed E-state index contributed by atoms with van der Waals surface area (Å²) in [5.41, 5.74) is 1.17. The molecule has 0 saturated carbocycles. The summed E-state index contributed by atoms with van der Waals surface area (Å²) in [6.07, 6.45) is 4.00. The Labute approximate surface area is 94.1 Å². The monoisotopic (exact) mass is 202 g/mol. The predicted octanol–water partition coefficient (Wildman–Crippen LogP) is 6.24. The lowest BCUT2D eigenvalue weighted by Crippen LogP contribution is -1.43. The van der Waals surface area contributed by atoms with Gasteiger partial charge in [-0.2, -0.15) is 0 Å². The summed E-state index contributed by atoms with van der Waals surface area (Å²) in [5, 5.41) is 0. The van der Waals surface area contributed by atoms with Crippen LogP contribution in [0.5, 0.6) is 0 Å². The van der Waals surface area contributed by atoms with E-state index in [9.17, 15) is 0 Å². The van der Waals surface area contributed by atoms with Gasteiger partial charge in [0.1, 0.15) is 0 Å². The van der Waals surface area contributed by atoms with E-state index >= 15 is 0 Å². The van der Waals surface area contributed by atoms with Crippen LogP contribution >= 0.6 is 0 Å². The van der Waals surface area contributed by atoms with Crippen molar-refractivity contribution in [1.29, 1.82) is 0 Å². The van der Waals surface area contributed by atoms with Crippen LogP contribution < -0.4 is 0 Å². The lowest BCUT2D eigenvalue weighted by molar-refractivity contribution is 1.42. The quantitative estimate of drug-likeness (QED) is 0.408. The lowest BCUT2D eigenvalue weighted by Gasteiger charge is -1.65. The zero-order valence-corrected chi connectivity index (χ0v) is 12.4. The van der Waals surface area contributed by atoms with Gasteiger partial charge in [-0.25, -0.2) is 0 Å². The SMILES string of the molecule is C/C=C\C.C=C(C)C.CC.CC.CC. The molecule has 0 unspecified atom stereocenters. The Morgan fingerprint density at radius 3 is 0.786 bits per heavy atom. The first-order valence-corrected chi connectivity index (χ1v) is 5.84. The zero-order valence-electron chi connectivity index (χ0n) is 12.4. The van der Waals surface area contributed by atoms with Crippen molar-refractivity contribution in [2.75, 3.05) is 0 Å². The topological polar surface area (TPSA) is 0 Å². The maximum absolute atomic E-state index is 3.56. The van der Waals surface area contributed by atoms with Gasteiger partial charge in [-0.1, -0.05) is 59.3 Å². The molecule has 0 amide bonds. The summed E-state index contributed by atoms with van der Waals surface area (Å²) in [6, 6.07) is 0. The van der Waals surface area contributed by atoms with Gasteiger partial charge in [-0.15, -0.1) is 6.58 Å². The van der Waals surface area contributed by atoms with Crippen molar-refractivity contribution >= 4 is 0 Å². The van der Waals surface area contributed by atoms with E-state index in [1.54, 1.807) is 0 Å². The molecule has 0 N–H and O–H groups in total. The number of hydrogen-bond acceptors (Lipinski definition) is 0. The Morgan fingerprint density at radius 1 is 0.714 bits per heavy atom. The summed E-state index contributed by atoms with van der Waals surface area (Å²) in [5.74, 6) is 0. The van der Waals surface area contributed by atoms with E-state index < -0.39 is 0 Å². The van der Waals surface area contributed by atoms with Crippen LogP contribution in [0, 0.1) is 0 Å². The predicted molar refractivity (Wildman–Crippen MR) is 75.0 cm³/mol. The molecule has 0 saturated heterocycles. The average molecular weight is 202 g/mol. The minimum atomic E-state index is 1.17. The average Bonchev–Trinajstić information content (AvgIpc) is 2.25. The molecule has 0 spiro atoms. The van der Waals surface area contributed by atoms with Crippen molar-refractivity contribution in [2.45, 2.75) is 69.2 Å². The van der Waals surface area contributed by atoms with Crippen LogP contribution in [-0.2, 0) is 0 Å². The minimum Gasteiger partial charge on any atom is -0.100 e. The van der Waals surface area contributed by atoms with Crippen LogP contribution in [0.1, 0.15) is 69.2 Å². The van der Waals surface area contributed by atoms with Crippen molar-refractivity contribution in [3.05, 3.63) is 24.3 Å². The third kappa shape index (κ3) is 5470. The second-order valence-electron chi connectivity index (χ2n) is 1.87. The van der Waals surface area contributed by atoms with E-state index in [0.29, 0.717) is 0 Å². The Bertz CT molecular complexity index is 60.1. The molecule has 0 atom stereocenters. The number of hydrogen-bond donors (Lipinski definition) is 0. The minimum absolute atomic E-state index is 1.17. The van der Waals surface area contributed by atoms with Gasteiger partial charge in [0.15, 0.2) is 0 Å². The van der Waals surface area contributed by atoms with Crippen LogP contribution in [0.3, 0.4) is 0 Å². The van der Waals surface area contributed by atoms with Crippen LogP contribution in [0.4, 0.5) is 0 Å². The molecule has 0 rings (SSSR count). The first-order chi connectivity index (χ1) is 6.65. The summed E-state index contributed by atoms with van der Waals surface area (Å²) in [7, 11) is 0. The molecule has 0 aliphatic heterocycles. The number of allylic oxidation sites excluding steroid dienone is 3. The van der Waals surface area contributed by atoms with Gasteiger partial charge in [0.2, 0.25) is 0 Å². The summed E-state index contributed by atoms with van der Waals surface area (Å²) in [6.45, 7) is 23.5. The van der Waals surface area contributed by atoms with Crippen molar-refractivity contribution < 1.29 is 0 Å². The molecule has 90 valence electrons. The fourth-order valence-corrected chi connectivity index (χ4v) is 0. The zero-order chi connectivity index (χ0) is 13.0. The van der Waals surface area contributed by atoms with E-state index in [0.717, 1.165) is 0 Å². The van der Waals surface area contributed by atoms with Crippen LogP contribution in [0.2, 0.25) is 0 Å². The van der Waals surface area contributed by atoms with Gasteiger partial charge in [-0.05, 0) is 27.7 Å². The molecule has 0 aliphatic rings. The molecule has 0 radical (unpaired) electrons. The van der Waals surface area contributed by atoms with E-state index in [-0.39, 0.29) is 0 Å². The highest BCUT2D eigenvalue weighted by atomic mass is 13.6. The van der Waals surface area contributed by atoms with Gasteiger partial charge >= 0.3 is 0 Å². The second kappa shape index (κ2) is 81.9. The summed E-state index contributed by atoms with van der Waals surface area (Å²) >= 11 is 0. The third-order valence-electron chi connectivity index (χ3n) is 0.333. The molecule has 0 heteroatoms. The maximum Gasteiger partial charge on any atom is -0.0445 e. The van der Waals surface area contributed by atoms with Gasteiger partial charge in [0, 0.05) is 0 Å². The van der Waals surface area contributed by atoms with Crippen molar-refractivity contribution in [1.82, 2.24) is 0 Å². The van der Waals surface area contributed by atoms with Gasteiger partial charge < -0.3 is 0 Å². The molecule has 0 aromatic heterocycles. The lowest BCUT2D eigenvalue weighted by atomic mass is 10.4. The van der Waals surface area contributed by atoms with Crippen LogP contribution in [-0.4, -0.2) is 0 Å². The highest BCUT2D eigenvalue weighted by molar-refractivity contribution is 4.78. The highest BCUT2D eigenvalue weighted by Gasteiger charge is 1.51. The molecular weight excluding hydrogens is 168 g/mol. The van der Waals surface area contributed by atoms with E-state index in [4.69, 9.17) is 0 Å². The normalized spacial score (nSPS) is 5.86. The third-order valence-corrected chi connectivity index (χ3v) is 0.333. The molecule has 0 aromatic rings. The van der Waals surface area contributed by atoms with Gasteiger partial charge in [0.25, 0.3) is 0 Å². The standard InChI is InChI=1S/2C4H8.3C2H6/c1-4(2)3;1-3-4-2;3*1-2/h1H2,2-3H3;3-4H,1-2H3;3*1-2H3/b;4-3-;;;. The molecule has 0 aliphatic carbocycles. The van der Waals surface area contributed by atoms with Gasteiger partial charge in [-0.3, -0.25) is 0 Å². The first kappa shape index (κ1) is 29.2. The fourth-order valence-electron chi connectivity index (χ4n) is 0. The highest BCUT2D eigenvalue weighted by Crippen LogP contribution is 1.73. The molecular formula is C14H34. The Balaban J connectivity index is -0.0000000255. The Morgan fingerprint density at radius 2 is 0.786 bits per heavy atom. The van der Waals surface area contributed by atoms with Gasteiger partial charge in [0.05, 0.1) is 0 Å². The maximum atomic E-state index is 3.56. The smallest absolute Gasteiger partial charge is 0.0445 e. The fraction of sp³-hybridized carbons (Fsp3) is 0.714. The van der Waals surface area contributed by atoms with Crippen molar-refractivity contribution in [2.24, 2.45) is 0 Å². The number of rotatable bonds is 0. The molecule has 14 heavy (non-hydrogen) atoms. The Hall–Kier alpha value is -0.520. The molecule has 0 nitrogen and oxygen atoms in total. The molecule has 0 heterocycles. The van der Waals surface area contributed by atoms with Crippen molar-refractivity contribution in [3.63, 3.8) is 0 Å².